The van der Waals surface area contributed by atoms with Crippen LogP contribution < -0.4 is 0 Å². The number of aromatic nitrogens is 4. The van der Waals surface area contributed by atoms with Crippen molar-refractivity contribution in [3.8, 4) is 45.2 Å². The molecule has 0 spiro atoms. The fraction of sp³-hybridized carbons (Fsp3) is 0. The van der Waals surface area contributed by atoms with Gasteiger partial charge in [-0.15, -0.1) is 0 Å². The SMILES string of the molecule is c1ccc(-c2cnc(-c3ccc(-c4nccc(-c5ccccc5)n4)cc3)nc2)cc1. The Balaban J connectivity index is 1.40. The Hall–Kier alpha value is -4.18. The van der Waals surface area contributed by atoms with Gasteiger partial charge in [0.25, 0.3) is 0 Å². The molecule has 0 N–H and O–H groups in total. The molecular formula is C26H18N4. The summed E-state index contributed by atoms with van der Waals surface area (Å²) in [5.74, 6) is 1.39. The summed E-state index contributed by atoms with van der Waals surface area (Å²) < 4.78 is 0. The van der Waals surface area contributed by atoms with Gasteiger partial charge in [-0.05, 0) is 11.6 Å². The molecule has 2 aromatic heterocycles. The van der Waals surface area contributed by atoms with Crippen molar-refractivity contribution in [2.45, 2.75) is 0 Å². The first kappa shape index (κ1) is 17.9. The third-order valence-corrected chi connectivity index (χ3v) is 4.89. The molecule has 0 fully saturated rings. The molecule has 0 bridgehead atoms. The predicted molar refractivity (Wildman–Crippen MR) is 119 cm³/mol. The third kappa shape index (κ3) is 3.71. The molecule has 3 aromatic carbocycles. The van der Waals surface area contributed by atoms with E-state index in [1.54, 1.807) is 6.20 Å². The zero-order valence-corrected chi connectivity index (χ0v) is 16.2. The predicted octanol–water partition coefficient (Wildman–Crippen LogP) is 5.93. The Morgan fingerprint density at radius 2 is 0.967 bits per heavy atom. The quantitative estimate of drug-likeness (QED) is 0.384. The standard InChI is InChI=1S/C26H18N4/c1-3-7-19(8-4-1)23-17-28-25(29-18-23)21-11-13-22(14-12-21)26-27-16-15-24(30-26)20-9-5-2-6-10-20/h1-18H. The lowest BCUT2D eigenvalue weighted by Crippen LogP contribution is -1.93. The summed E-state index contributed by atoms with van der Waals surface area (Å²) in [6.45, 7) is 0. The summed E-state index contributed by atoms with van der Waals surface area (Å²) in [7, 11) is 0. The largest absolute Gasteiger partial charge is 0.237 e. The lowest BCUT2D eigenvalue weighted by atomic mass is 10.1. The highest BCUT2D eigenvalue weighted by molar-refractivity contribution is 5.67. The van der Waals surface area contributed by atoms with E-state index in [-0.39, 0.29) is 0 Å². The molecule has 0 aliphatic rings. The minimum atomic E-state index is 0.695. The van der Waals surface area contributed by atoms with Gasteiger partial charge in [-0.1, -0.05) is 84.9 Å². The van der Waals surface area contributed by atoms with E-state index in [0.29, 0.717) is 11.6 Å². The maximum atomic E-state index is 4.72. The molecule has 4 heteroatoms. The van der Waals surface area contributed by atoms with Crippen molar-refractivity contribution in [2.24, 2.45) is 0 Å². The van der Waals surface area contributed by atoms with E-state index < -0.39 is 0 Å². The van der Waals surface area contributed by atoms with Crippen LogP contribution in [0.2, 0.25) is 0 Å². The normalized spacial score (nSPS) is 10.7. The number of hydrogen-bond acceptors (Lipinski definition) is 4. The average molecular weight is 386 g/mol. The molecule has 0 radical (unpaired) electrons. The van der Waals surface area contributed by atoms with Crippen molar-refractivity contribution < 1.29 is 0 Å². The van der Waals surface area contributed by atoms with E-state index in [1.165, 1.54) is 0 Å². The maximum Gasteiger partial charge on any atom is 0.159 e. The Morgan fingerprint density at radius 1 is 0.400 bits per heavy atom. The Bertz CT molecular complexity index is 1250. The van der Waals surface area contributed by atoms with Crippen molar-refractivity contribution in [1.82, 2.24) is 19.9 Å². The van der Waals surface area contributed by atoms with Gasteiger partial charge >= 0.3 is 0 Å². The molecule has 5 rings (SSSR count). The number of benzene rings is 3. The molecule has 0 atom stereocenters. The Labute approximate surface area is 175 Å². The third-order valence-electron chi connectivity index (χ3n) is 4.89. The molecule has 5 aromatic rings. The summed E-state index contributed by atoms with van der Waals surface area (Å²) in [5, 5.41) is 0. The highest BCUT2D eigenvalue weighted by Gasteiger charge is 2.07. The molecular weight excluding hydrogens is 368 g/mol. The van der Waals surface area contributed by atoms with Crippen LogP contribution in [0.25, 0.3) is 45.2 Å². The van der Waals surface area contributed by atoms with E-state index >= 15 is 0 Å². The minimum Gasteiger partial charge on any atom is -0.237 e. The fourth-order valence-corrected chi connectivity index (χ4v) is 3.29. The van der Waals surface area contributed by atoms with Crippen molar-refractivity contribution in [3.05, 3.63) is 110 Å². The molecule has 4 nitrogen and oxygen atoms in total. The second kappa shape index (κ2) is 8.05. The molecule has 0 saturated carbocycles. The van der Waals surface area contributed by atoms with Crippen molar-refractivity contribution in [2.75, 3.05) is 0 Å². The van der Waals surface area contributed by atoms with Gasteiger partial charge in [0, 0.05) is 40.8 Å². The first-order chi connectivity index (χ1) is 14.9. The average Bonchev–Trinajstić information content (AvgIpc) is 2.85. The van der Waals surface area contributed by atoms with Gasteiger partial charge in [0.15, 0.2) is 11.6 Å². The maximum absolute atomic E-state index is 4.72. The lowest BCUT2D eigenvalue weighted by molar-refractivity contribution is 1.17. The fourth-order valence-electron chi connectivity index (χ4n) is 3.29. The highest BCUT2D eigenvalue weighted by Crippen LogP contribution is 2.24. The summed E-state index contributed by atoms with van der Waals surface area (Å²) in [5.41, 5.74) is 6.00. The summed E-state index contributed by atoms with van der Waals surface area (Å²) >= 11 is 0. The van der Waals surface area contributed by atoms with Gasteiger partial charge in [-0.25, -0.2) is 19.9 Å². The van der Waals surface area contributed by atoms with Crippen LogP contribution in [-0.4, -0.2) is 19.9 Å². The van der Waals surface area contributed by atoms with E-state index in [1.807, 2.05) is 91.3 Å². The summed E-state index contributed by atoms with van der Waals surface area (Å²) in [4.78, 5) is 18.2. The van der Waals surface area contributed by atoms with Gasteiger partial charge < -0.3 is 0 Å². The summed E-state index contributed by atoms with van der Waals surface area (Å²) in [6, 6.07) is 30.2. The van der Waals surface area contributed by atoms with Crippen LogP contribution in [0, 0.1) is 0 Å². The van der Waals surface area contributed by atoms with Gasteiger partial charge in [0.2, 0.25) is 0 Å². The second-order valence-electron chi connectivity index (χ2n) is 6.87. The molecule has 0 aliphatic heterocycles. The van der Waals surface area contributed by atoms with Crippen LogP contribution in [0.5, 0.6) is 0 Å². The smallest absolute Gasteiger partial charge is 0.159 e. The zero-order chi connectivity index (χ0) is 20.2. The Kier molecular flexibility index (Phi) is 4.80. The van der Waals surface area contributed by atoms with Gasteiger partial charge in [0.1, 0.15) is 0 Å². The van der Waals surface area contributed by atoms with E-state index in [2.05, 4.69) is 27.1 Å². The van der Waals surface area contributed by atoms with E-state index in [4.69, 9.17) is 4.98 Å². The number of nitrogens with zero attached hydrogens (tertiary/aromatic N) is 4. The lowest BCUT2D eigenvalue weighted by Gasteiger charge is -2.06. The molecule has 0 amide bonds. The van der Waals surface area contributed by atoms with Crippen molar-refractivity contribution >= 4 is 0 Å². The van der Waals surface area contributed by atoms with E-state index in [9.17, 15) is 0 Å². The molecule has 0 unspecified atom stereocenters. The van der Waals surface area contributed by atoms with Crippen molar-refractivity contribution in [1.29, 1.82) is 0 Å². The van der Waals surface area contributed by atoms with Crippen LogP contribution in [0.15, 0.2) is 110 Å². The first-order valence-electron chi connectivity index (χ1n) is 9.73. The zero-order valence-electron chi connectivity index (χ0n) is 16.2. The molecule has 142 valence electrons. The summed E-state index contributed by atoms with van der Waals surface area (Å²) in [6.07, 6.45) is 5.51. The minimum absolute atomic E-state index is 0.695. The first-order valence-corrected chi connectivity index (χ1v) is 9.73. The second-order valence-corrected chi connectivity index (χ2v) is 6.87. The van der Waals surface area contributed by atoms with Crippen LogP contribution in [-0.2, 0) is 0 Å². The topological polar surface area (TPSA) is 51.6 Å². The van der Waals surface area contributed by atoms with E-state index in [0.717, 1.165) is 33.5 Å². The Morgan fingerprint density at radius 3 is 1.60 bits per heavy atom. The van der Waals surface area contributed by atoms with Crippen molar-refractivity contribution in [3.63, 3.8) is 0 Å². The molecule has 0 saturated heterocycles. The number of hydrogen-bond donors (Lipinski definition) is 0. The van der Waals surface area contributed by atoms with Gasteiger partial charge in [0.05, 0.1) is 5.69 Å². The van der Waals surface area contributed by atoms with Crippen LogP contribution in [0.4, 0.5) is 0 Å². The van der Waals surface area contributed by atoms with Gasteiger partial charge in [-0.3, -0.25) is 0 Å². The number of rotatable bonds is 4. The molecule has 30 heavy (non-hydrogen) atoms. The van der Waals surface area contributed by atoms with Crippen LogP contribution in [0.1, 0.15) is 0 Å². The van der Waals surface area contributed by atoms with Crippen LogP contribution in [0.3, 0.4) is 0 Å². The monoisotopic (exact) mass is 386 g/mol. The van der Waals surface area contributed by atoms with Crippen LogP contribution >= 0.6 is 0 Å². The molecule has 2 heterocycles. The highest BCUT2D eigenvalue weighted by atomic mass is 14.9. The molecule has 0 aliphatic carbocycles. The van der Waals surface area contributed by atoms with Gasteiger partial charge in [-0.2, -0.15) is 0 Å².